The smallest absolute Gasteiger partial charge is 0.269 e. The summed E-state index contributed by atoms with van der Waals surface area (Å²) in [6.07, 6.45) is -0.809. The molecule has 0 aliphatic rings. The van der Waals surface area contributed by atoms with E-state index in [9.17, 15) is 15.2 Å². The average molecular weight is 304 g/mol. The summed E-state index contributed by atoms with van der Waals surface area (Å²) in [5.41, 5.74) is 0.790. The number of nitrogens with one attached hydrogen (secondary N) is 1. The number of ether oxygens (including phenoxy) is 1. The van der Waals surface area contributed by atoms with Gasteiger partial charge in [-0.2, -0.15) is 0 Å². The van der Waals surface area contributed by atoms with Crippen molar-refractivity contribution in [3.8, 4) is 11.5 Å². The Morgan fingerprint density at radius 1 is 1.09 bits per heavy atom. The number of benzene rings is 2. The van der Waals surface area contributed by atoms with Crippen LogP contribution in [0.3, 0.4) is 0 Å². The van der Waals surface area contributed by atoms with Crippen LogP contribution in [0.25, 0.3) is 0 Å². The highest BCUT2D eigenvalue weighted by Gasteiger charge is 2.05. The second-order valence-corrected chi connectivity index (χ2v) is 4.59. The first kappa shape index (κ1) is 15.7. The Morgan fingerprint density at radius 2 is 1.64 bits per heavy atom. The van der Waals surface area contributed by atoms with E-state index in [1.54, 1.807) is 24.3 Å². The fourth-order valence-electron chi connectivity index (χ4n) is 1.71. The van der Waals surface area contributed by atoms with Gasteiger partial charge in [0.1, 0.15) is 11.5 Å². The number of nitro benzene ring substituents is 1. The van der Waals surface area contributed by atoms with E-state index in [-0.39, 0.29) is 18.8 Å². The van der Waals surface area contributed by atoms with Crippen LogP contribution in [0.1, 0.15) is 0 Å². The number of anilines is 1. The fraction of sp³-hybridized carbons (Fsp3) is 0.200. The third-order valence-electron chi connectivity index (χ3n) is 2.89. The van der Waals surface area contributed by atoms with Gasteiger partial charge in [0.05, 0.1) is 17.6 Å². The molecule has 22 heavy (non-hydrogen) atoms. The Kier molecular flexibility index (Phi) is 5.29. The van der Waals surface area contributed by atoms with E-state index in [1.807, 2.05) is 0 Å². The Bertz CT molecular complexity index is 613. The number of non-ortho nitro benzene ring substituents is 1. The zero-order valence-corrected chi connectivity index (χ0v) is 11.7. The standard InChI is InChI=1S/C15H16N2O5/c18-10-13(19)9-16-11-1-5-14(6-2-11)22-15-7-3-12(4-8-15)17(20)21/h1-8,13,16,18-19H,9-10H2. The van der Waals surface area contributed by atoms with Crippen LogP contribution in [-0.2, 0) is 0 Å². The van der Waals surface area contributed by atoms with E-state index in [0.717, 1.165) is 5.69 Å². The quantitative estimate of drug-likeness (QED) is 0.535. The maximum Gasteiger partial charge on any atom is 0.269 e. The van der Waals surface area contributed by atoms with Crippen LogP contribution in [0.15, 0.2) is 48.5 Å². The molecule has 2 aromatic rings. The van der Waals surface area contributed by atoms with Crippen molar-refractivity contribution in [2.45, 2.75) is 6.10 Å². The predicted octanol–water partition coefficient (Wildman–Crippen LogP) is 2.15. The number of aliphatic hydroxyl groups is 2. The molecule has 0 saturated heterocycles. The second kappa shape index (κ2) is 7.39. The van der Waals surface area contributed by atoms with Gasteiger partial charge in [0, 0.05) is 24.4 Å². The predicted molar refractivity (Wildman–Crippen MR) is 81.2 cm³/mol. The van der Waals surface area contributed by atoms with E-state index in [2.05, 4.69) is 5.32 Å². The van der Waals surface area contributed by atoms with Crippen molar-refractivity contribution in [1.82, 2.24) is 0 Å². The lowest BCUT2D eigenvalue weighted by molar-refractivity contribution is -0.384. The Morgan fingerprint density at radius 3 is 2.14 bits per heavy atom. The van der Waals surface area contributed by atoms with Gasteiger partial charge in [-0.1, -0.05) is 0 Å². The normalized spacial score (nSPS) is 11.7. The molecule has 3 N–H and O–H groups in total. The third kappa shape index (κ3) is 4.44. The number of aliphatic hydroxyl groups excluding tert-OH is 2. The molecule has 116 valence electrons. The minimum atomic E-state index is -0.809. The van der Waals surface area contributed by atoms with Crippen molar-refractivity contribution >= 4 is 11.4 Å². The SMILES string of the molecule is O=[N+]([O-])c1ccc(Oc2ccc(NCC(O)CO)cc2)cc1. The monoisotopic (exact) mass is 304 g/mol. The molecule has 0 saturated carbocycles. The summed E-state index contributed by atoms with van der Waals surface area (Å²) in [7, 11) is 0. The number of rotatable bonds is 7. The zero-order valence-electron chi connectivity index (χ0n) is 11.7. The van der Waals surface area contributed by atoms with Crippen LogP contribution in [-0.4, -0.2) is 34.4 Å². The molecular formula is C15H16N2O5. The summed E-state index contributed by atoms with van der Waals surface area (Å²) in [5.74, 6) is 1.09. The summed E-state index contributed by atoms with van der Waals surface area (Å²) in [6.45, 7) is -0.0482. The summed E-state index contributed by atoms with van der Waals surface area (Å²) >= 11 is 0. The number of nitrogens with zero attached hydrogens (tertiary/aromatic N) is 1. The maximum absolute atomic E-state index is 10.6. The van der Waals surface area contributed by atoms with Crippen molar-refractivity contribution in [1.29, 1.82) is 0 Å². The lowest BCUT2D eigenvalue weighted by Crippen LogP contribution is -2.22. The molecule has 0 heterocycles. The Labute approximate surface area is 126 Å². The first-order valence-corrected chi connectivity index (χ1v) is 6.63. The third-order valence-corrected chi connectivity index (χ3v) is 2.89. The highest BCUT2D eigenvalue weighted by Crippen LogP contribution is 2.24. The van der Waals surface area contributed by atoms with Gasteiger partial charge in [-0.05, 0) is 36.4 Å². The van der Waals surface area contributed by atoms with E-state index in [4.69, 9.17) is 9.84 Å². The van der Waals surface area contributed by atoms with E-state index in [1.165, 1.54) is 24.3 Å². The van der Waals surface area contributed by atoms with Crippen LogP contribution >= 0.6 is 0 Å². The van der Waals surface area contributed by atoms with Crippen molar-refractivity contribution in [2.24, 2.45) is 0 Å². The molecule has 1 unspecified atom stereocenters. The lowest BCUT2D eigenvalue weighted by atomic mass is 10.2. The molecule has 0 fully saturated rings. The highest BCUT2D eigenvalue weighted by molar-refractivity contribution is 5.47. The van der Waals surface area contributed by atoms with E-state index < -0.39 is 11.0 Å². The zero-order chi connectivity index (χ0) is 15.9. The number of nitro groups is 1. The molecule has 7 nitrogen and oxygen atoms in total. The first-order valence-electron chi connectivity index (χ1n) is 6.63. The molecule has 7 heteroatoms. The van der Waals surface area contributed by atoms with Crippen LogP contribution in [0.4, 0.5) is 11.4 Å². The number of hydrogen-bond donors (Lipinski definition) is 3. The van der Waals surface area contributed by atoms with E-state index in [0.29, 0.717) is 11.5 Å². The molecular weight excluding hydrogens is 288 g/mol. The second-order valence-electron chi connectivity index (χ2n) is 4.59. The minimum absolute atomic E-state index is 0.00865. The minimum Gasteiger partial charge on any atom is -0.457 e. The van der Waals surface area contributed by atoms with Crippen molar-refractivity contribution in [3.05, 3.63) is 58.6 Å². The average Bonchev–Trinajstić information content (AvgIpc) is 2.54. The van der Waals surface area contributed by atoms with E-state index >= 15 is 0 Å². The molecule has 1 atom stereocenters. The molecule has 0 aliphatic heterocycles. The molecule has 0 amide bonds. The van der Waals surface area contributed by atoms with Gasteiger partial charge in [0.2, 0.25) is 0 Å². The van der Waals surface area contributed by atoms with Crippen LogP contribution < -0.4 is 10.1 Å². The molecule has 0 aromatic heterocycles. The molecule has 0 bridgehead atoms. The van der Waals surface area contributed by atoms with Gasteiger partial charge in [0.15, 0.2) is 0 Å². The summed E-state index contributed by atoms with van der Waals surface area (Å²) < 4.78 is 5.58. The molecule has 2 rings (SSSR count). The largest absolute Gasteiger partial charge is 0.457 e. The molecule has 0 spiro atoms. The summed E-state index contributed by atoms with van der Waals surface area (Å²) in [6, 6.07) is 12.8. The van der Waals surface area contributed by atoms with Crippen LogP contribution in [0, 0.1) is 10.1 Å². The lowest BCUT2D eigenvalue weighted by Gasteiger charge is -2.11. The molecule has 0 aliphatic carbocycles. The summed E-state index contributed by atoms with van der Waals surface area (Å²) in [5, 5.41) is 31.5. The summed E-state index contributed by atoms with van der Waals surface area (Å²) in [4.78, 5) is 10.1. The Hall–Kier alpha value is -2.64. The van der Waals surface area contributed by atoms with Gasteiger partial charge in [-0.15, -0.1) is 0 Å². The maximum atomic E-state index is 10.6. The van der Waals surface area contributed by atoms with Gasteiger partial charge in [0.25, 0.3) is 5.69 Å². The Balaban J connectivity index is 1.94. The molecule has 0 radical (unpaired) electrons. The first-order chi connectivity index (χ1) is 10.6. The van der Waals surface area contributed by atoms with Gasteiger partial charge < -0.3 is 20.3 Å². The van der Waals surface area contributed by atoms with Crippen molar-refractivity contribution in [3.63, 3.8) is 0 Å². The topological polar surface area (TPSA) is 105 Å². The van der Waals surface area contributed by atoms with Crippen LogP contribution in [0.5, 0.6) is 11.5 Å². The number of hydrogen-bond acceptors (Lipinski definition) is 6. The molecule has 2 aromatic carbocycles. The van der Waals surface area contributed by atoms with Crippen LogP contribution in [0.2, 0.25) is 0 Å². The highest BCUT2D eigenvalue weighted by atomic mass is 16.6. The van der Waals surface area contributed by atoms with Gasteiger partial charge in [-0.25, -0.2) is 0 Å². The van der Waals surface area contributed by atoms with Gasteiger partial charge >= 0.3 is 0 Å². The fourth-order valence-corrected chi connectivity index (χ4v) is 1.71. The van der Waals surface area contributed by atoms with Gasteiger partial charge in [-0.3, -0.25) is 10.1 Å². The van der Waals surface area contributed by atoms with Crippen molar-refractivity contribution < 1.29 is 19.9 Å². The van der Waals surface area contributed by atoms with Crippen molar-refractivity contribution in [2.75, 3.05) is 18.5 Å².